The topological polar surface area (TPSA) is 183 Å². The third-order valence-corrected chi connectivity index (χ3v) is 13.2. The van der Waals surface area contributed by atoms with Crippen molar-refractivity contribution in [3.63, 3.8) is 0 Å². The molecule has 60 heavy (non-hydrogen) atoms. The van der Waals surface area contributed by atoms with Crippen LogP contribution in [0.3, 0.4) is 0 Å². The van der Waals surface area contributed by atoms with Crippen LogP contribution >= 0.6 is 11.3 Å². The highest BCUT2D eigenvalue weighted by atomic mass is 32.1. The number of benzene rings is 2. The Morgan fingerprint density at radius 2 is 1.88 bits per heavy atom. The smallest absolute Gasteiger partial charge is 0.254 e. The number of piperidine rings is 1. The van der Waals surface area contributed by atoms with E-state index in [1.54, 1.807) is 35.0 Å². The van der Waals surface area contributed by atoms with Crippen LogP contribution in [0.4, 0.5) is 0 Å². The summed E-state index contributed by atoms with van der Waals surface area (Å²) in [6.45, 7) is 8.77. The second-order valence-electron chi connectivity index (χ2n) is 16.4. The molecule has 6 heterocycles. The number of amides is 2. The number of aliphatic hydroxyl groups is 1. The van der Waals surface area contributed by atoms with Crippen LogP contribution in [0.5, 0.6) is 11.6 Å². The van der Waals surface area contributed by atoms with E-state index in [1.165, 1.54) is 10.5 Å². The van der Waals surface area contributed by atoms with Gasteiger partial charge in [0.05, 0.1) is 27.9 Å². The van der Waals surface area contributed by atoms with Crippen LogP contribution in [-0.2, 0) is 9.59 Å². The van der Waals surface area contributed by atoms with Crippen molar-refractivity contribution < 1.29 is 29.1 Å². The average Bonchev–Trinajstić information content (AvgIpc) is 3.94. The predicted octanol–water partition coefficient (Wildman–Crippen LogP) is 5.67. The minimum atomic E-state index is -0.917. The molecule has 2 aliphatic heterocycles. The van der Waals surface area contributed by atoms with E-state index in [0.29, 0.717) is 47.9 Å². The fourth-order valence-electron chi connectivity index (χ4n) is 9.15. The number of aromatic hydroxyl groups is 1. The fraction of sp³-hybridized carbons (Fsp3) is 0.378. The SMILES string of the molecule is C#CC(NC(=O)[C@@H]1C[C@@H](O)CN1C(=O)[C@@H](c1cc(OCCN2C[C@@H]3C(c4c[nH]c5nnc(-c6ccccc6O)cc45)[C@@H]3C2)no1)C(C)C)c1ccc(-c2scnc2C)cc1. The largest absolute Gasteiger partial charge is 0.507 e. The van der Waals surface area contributed by atoms with Crippen molar-refractivity contribution >= 4 is 34.2 Å². The van der Waals surface area contributed by atoms with Gasteiger partial charge in [-0.05, 0) is 70.6 Å². The van der Waals surface area contributed by atoms with Crippen LogP contribution in [0, 0.1) is 37.0 Å². The van der Waals surface area contributed by atoms with Gasteiger partial charge in [-0.25, -0.2) is 4.98 Å². The highest BCUT2D eigenvalue weighted by Gasteiger charge is 2.56. The molecule has 0 bridgehead atoms. The minimum Gasteiger partial charge on any atom is -0.507 e. The molecular weight excluding hydrogens is 781 g/mol. The number of aromatic amines is 1. The molecule has 15 heteroatoms. The maximum atomic E-state index is 14.2. The maximum absolute atomic E-state index is 14.2. The second-order valence-corrected chi connectivity index (χ2v) is 17.3. The molecule has 3 aliphatic rings. The minimum absolute atomic E-state index is 0.00755. The highest BCUT2D eigenvalue weighted by molar-refractivity contribution is 7.13. The molecular formula is C45H46N8O6S. The van der Waals surface area contributed by atoms with Crippen molar-refractivity contribution in [2.75, 3.05) is 32.8 Å². The molecule has 2 amide bonds. The van der Waals surface area contributed by atoms with Gasteiger partial charge in [-0.3, -0.25) is 14.5 Å². The first-order valence-electron chi connectivity index (χ1n) is 20.3. The monoisotopic (exact) mass is 826 g/mol. The molecule has 2 unspecified atom stereocenters. The number of hydrogen-bond donors (Lipinski definition) is 4. The molecule has 4 aromatic heterocycles. The fourth-order valence-corrected chi connectivity index (χ4v) is 9.96. The number of carbonyl (C=O) groups excluding carboxylic acids is 2. The van der Waals surface area contributed by atoms with Crippen LogP contribution in [0.15, 0.2) is 76.9 Å². The number of ether oxygens (including phenoxy) is 1. The zero-order chi connectivity index (χ0) is 41.7. The van der Waals surface area contributed by atoms with Crippen molar-refractivity contribution in [2.45, 2.75) is 57.2 Å². The van der Waals surface area contributed by atoms with E-state index in [0.717, 1.165) is 45.8 Å². The number of phenols is 1. The number of phenolic OH excluding ortho intramolecular Hbond substituents is 1. The van der Waals surface area contributed by atoms with Gasteiger partial charge in [0.1, 0.15) is 30.4 Å². The molecule has 9 rings (SSSR count). The molecule has 2 aromatic carbocycles. The summed E-state index contributed by atoms with van der Waals surface area (Å²) in [5, 5.41) is 37.9. The van der Waals surface area contributed by atoms with Gasteiger partial charge in [-0.1, -0.05) is 56.2 Å². The van der Waals surface area contributed by atoms with Crippen molar-refractivity contribution in [3.8, 4) is 45.7 Å². The first kappa shape index (κ1) is 39.4. The predicted molar refractivity (Wildman–Crippen MR) is 225 cm³/mol. The van der Waals surface area contributed by atoms with E-state index >= 15 is 0 Å². The number of aliphatic hydroxyl groups excluding tert-OH is 1. The number of rotatable bonds is 13. The number of fused-ring (bicyclic) bond motifs is 2. The maximum Gasteiger partial charge on any atom is 0.254 e. The van der Waals surface area contributed by atoms with Gasteiger partial charge in [-0.15, -0.1) is 28.0 Å². The Morgan fingerprint density at radius 3 is 2.60 bits per heavy atom. The summed E-state index contributed by atoms with van der Waals surface area (Å²) in [5.74, 6) is 3.21. The quantitative estimate of drug-likeness (QED) is 0.105. The number of terminal acetylenes is 1. The van der Waals surface area contributed by atoms with Gasteiger partial charge in [0.25, 0.3) is 5.88 Å². The van der Waals surface area contributed by atoms with Crippen molar-refractivity contribution in [1.29, 1.82) is 0 Å². The molecule has 6 aromatic rings. The molecule has 3 fully saturated rings. The third kappa shape index (κ3) is 7.51. The first-order chi connectivity index (χ1) is 29.1. The standard InChI is InChI=1S/C45H46N8O6S/c1-5-34(26-10-12-27(13-11-26)42-25(4)47-23-60-42)48-44(56)36-16-28(54)20-53(36)45(57)40(24(2)3)38-18-39(51-59-38)58-15-14-52-21-32-33(22-52)41(32)31-19-46-43-30(31)17-35(49-50-43)29-8-6-7-9-37(29)55/h1,6-13,17-19,23-24,28,32-34,36,40-41,54-55H,14-16,20-22H2,2-4H3,(H,46,50)(H,48,56)/t28-,32-,33+,34?,36+,40-,41?/m1/s1. The number of thiazole rings is 1. The zero-order valence-electron chi connectivity index (χ0n) is 33.5. The lowest BCUT2D eigenvalue weighted by molar-refractivity contribution is -0.141. The highest BCUT2D eigenvalue weighted by Crippen LogP contribution is 2.59. The van der Waals surface area contributed by atoms with Crippen molar-refractivity contribution in [2.24, 2.45) is 17.8 Å². The lowest BCUT2D eigenvalue weighted by Gasteiger charge is -2.29. The number of para-hydroxylation sites is 1. The summed E-state index contributed by atoms with van der Waals surface area (Å²) in [4.78, 5) is 40.4. The number of aryl methyl sites for hydroxylation is 1. The van der Waals surface area contributed by atoms with Gasteiger partial charge >= 0.3 is 0 Å². The molecule has 308 valence electrons. The molecule has 4 N–H and O–H groups in total. The number of β-amino-alcohol motifs (C(OH)–C–C–N with tert-alkyl or cyclic N) is 1. The van der Waals surface area contributed by atoms with Gasteiger partial charge < -0.3 is 34.7 Å². The van der Waals surface area contributed by atoms with E-state index in [4.69, 9.17) is 15.7 Å². The molecule has 1 saturated carbocycles. The first-order valence-corrected chi connectivity index (χ1v) is 21.2. The van der Waals surface area contributed by atoms with Crippen molar-refractivity contribution in [1.82, 2.24) is 40.4 Å². The third-order valence-electron chi connectivity index (χ3n) is 12.3. The number of hydrogen-bond acceptors (Lipinski definition) is 12. The number of carbonyl (C=O) groups is 2. The molecule has 2 saturated heterocycles. The van der Waals surface area contributed by atoms with Crippen LogP contribution in [0.1, 0.15) is 60.7 Å². The van der Waals surface area contributed by atoms with E-state index in [-0.39, 0.29) is 36.4 Å². The zero-order valence-corrected chi connectivity index (χ0v) is 34.3. The summed E-state index contributed by atoms with van der Waals surface area (Å²) in [6.07, 6.45) is 7.15. The number of likely N-dealkylation sites (tertiary alicyclic amines) is 2. The summed E-state index contributed by atoms with van der Waals surface area (Å²) in [7, 11) is 0. The van der Waals surface area contributed by atoms with Crippen molar-refractivity contribution in [3.05, 3.63) is 95.0 Å². The van der Waals surface area contributed by atoms with Crippen LogP contribution in [-0.4, -0.2) is 102 Å². The Morgan fingerprint density at radius 1 is 1.10 bits per heavy atom. The summed E-state index contributed by atoms with van der Waals surface area (Å²) >= 11 is 1.56. The van der Waals surface area contributed by atoms with Gasteiger partial charge in [0.2, 0.25) is 11.8 Å². The summed E-state index contributed by atoms with van der Waals surface area (Å²) in [6, 6.07) is 16.8. The van der Waals surface area contributed by atoms with E-state index in [9.17, 15) is 19.8 Å². The Balaban J connectivity index is 0.790. The molecule has 0 spiro atoms. The number of aromatic nitrogens is 5. The lowest BCUT2D eigenvalue weighted by atomic mass is 9.91. The average molecular weight is 827 g/mol. The number of nitrogens with zero attached hydrogens (tertiary/aromatic N) is 6. The molecule has 0 radical (unpaired) electrons. The van der Waals surface area contributed by atoms with Crippen LogP contribution in [0.2, 0.25) is 0 Å². The normalized spacial score (nSPS) is 22.1. The lowest BCUT2D eigenvalue weighted by Crippen LogP contribution is -2.48. The molecule has 1 aliphatic carbocycles. The van der Waals surface area contributed by atoms with Crippen LogP contribution in [0.25, 0.3) is 32.7 Å². The van der Waals surface area contributed by atoms with Gasteiger partial charge in [0, 0.05) is 55.8 Å². The Labute approximate surface area is 351 Å². The van der Waals surface area contributed by atoms with E-state index in [2.05, 4.69) is 41.5 Å². The number of H-pyrrole nitrogens is 1. The summed E-state index contributed by atoms with van der Waals surface area (Å²) in [5.41, 5.74) is 7.77. The van der Waals surface area contributed by atoms with E-state index in [1.807, 2.05) is 69.4 Å². The second kappa shape index (κ2) is 16.2. The van der Waals surface area contributed by atoms with Crippen LogP contribution < -0.4 is 10.1 Å². The summed E-state index contributed by atoms with van der Waals surface area (Å²) < 4.78 is 11.7. The van der Waals surface area contributed by atoms with E-state index < -0.39 is 30.0 Å². The Hall–Kier alpha value is -6.08. The molecule has 7 atom stereocenters. The molecule has 14 nitrogen and oxygen atoms in total. The number of nitrogens with one attached hydrogen (secondary N) is 2. The van der Waals surface area contributed by atoms with Gasteiger partial charge in [0.15, 0.2) is 11.4 Å². The Kier molecular flexibility index (Phi) is 10.6. The Bertz CT molecular complexity index is 2570. The van der Waals surface area contributed by atoms with Gasteiger partial charge in [-0.2, -0.15) is 0 Å².